The average Bonchev–Trinajstić information content (AvgIpc) is 3.26. The summed E-state index contributed by atoms with van der Waals surface area (Å²) in [6.07, 6.45) is 7.68. The van der Waals surface area contributed by atoms with Gasteiger partial charge in [0.2, 0.25) is 0 Å². The van der Waals surface area contributed by atoms with Gasteiger partial charge < -0.3 is 15.2 Å². The van der Waals surface area contributed by atoms with Crippen LogP contribution in [0.4, 0.5) is 5.69 Å². The molecule has 2 aromatic carbocycles. The maximum atomic E-state index is 13.1. The van der Waals surface area contributed by atoms with Gasteiger partial charge in [-0.1, -0.05) is 36.8 Å². The highest BCUT2D eigenvalue weighted by Gasteiger charge is 2.56. The van der Waals surface area contributed by atoms with Crippen molar-refractivity contribution in [2.75, 3.05) is 12.4 Å². The van der Waals surface area contributed by atoms with Crippen LogP contribution in [0.5, 0.6) is 0 Å². The quantitative estimate of drug-likeness (QED) is 0.479. The van der Waals surface area contributed by atoms with Crippen molar-refractivity contribution in [2.45, 2.75) is 63.9 Å². The van der Waals surface area contributed by atoms with Crippen LogP contribution in [0.2, 0.25) is 0 Å². The second-order valence-electron chi connectivity index (χ2n) is 11.8. The van der Waals surface area contributed by atoms with E-state index in [4.69, 9.17) is 4.74 Å². The molecule has 202 valence electrons. The predicted molar refractivity (Wildman–Crippen MR) is 148 cm³/mol. The van der Waals surface area contributed by atoms with E-state index in [1.807, 2.05) is 30.3 Å². The number of nitrogens with one attached hydrogen (secondary N) is 1. The zero-order valence-corrected chi connectivity index (χ0v) is 22.5. The van der Waals surface area contributed by atoms with Gasteiger partial charge in [-0.3, -0.25) is 9.59 Å². The summed E-state index contributed by atoms with van der Waals surface area (Å²) in [4.78, 5) is 37.4. The first-order valence-corrected chi connectivity index (χ1v) is 14.0. The number of carbonyl (C=O) groups excluding carboxylic acids is 3. The Morgan fingerprint density at radius 3 is 2.54 bits per heavy atom. The molecule has 39 heavy (non-hydrogen) atoms. The Balaban J connectivity index is 1.33. The van der Waals surface area contributed by atoms with Crippen molar-refractivity contribution in [3.63, 3.8) is 0 Å². The average molecular weight is 526 g/mol. The number of aliphatic hydroxyl groups is 1. The normalized spacial score (nSPS) is 29.6. The van der Waals surface area contributed by atoms with E-state index in [2.05, 4.69) is 12.2 Å². The lowest BCUT2D eigenvalue weighted by Gasteiger charge is -2.52. The summed E-state index contributed by atoms with van der Waals surface area (Å²) >= 11 is 0. The van der Waals surface area contributed by atoms with Gasteiger partial charge in [-0.25, -0.2) is 4.79 Å². The summed E-state index contributed by atoms with van der Waals surface area (Å²) in [5, 5.41) is 13.9. The molecule has 2 aromatic rings. The third-order valence-electron chi connectivity index (χ3n) is 9.84. The lowest BCUT2D eigenvalue weighted by atomic mass is 9.53. The van der Waals surface area contributed by atoms with Crippen LogP contribution >= 0.6 is 0 Å². The van der Waals surface area contributed by atoms with E-state index in [-0.39, 0.29) is 29.1 Å². The zero-order chi connectivity index (χ0) is 27.3. The van der Waals surface area contributed by atoms with Gasteiger partial charge in [0.05, 0.1) is 24.5 Å². The van der Waals surface area contributed by atoms with E-state index in [9.17, 15) is 19.5 Å². The van der Waals surface area contributed by atoms with Crippen LogP contribution in [-0.2, 0) is 9.53 Å². The third-order valence-corrected chi connectivity index (χ3v) is 9.84. The lowest BCUT2D eigenvalue weighted by molar-refractivity contribution is -0.114. The molecule has 6 rings (SSSR count). The molecule has 2 saturated carbocycles. The van der Waals surface area contributed by atoms with Crippen LogP contribution in [0.25, 0.3) is 0 Å². The first kappa shape index (κ1) is 25.8. The van der Waals surface area contributed by atoms with E-state index in [1.165, 1.54) is 23.8 Å². The summed E-state index contributed by atoms with van der Waals surface area (Å²) in [6, 6.07) is 14.5. The fourth-order valence-corrected chi connectivity index (χ4v) is 7.87. The molecule has 0 bridgehead atoms. The third kappa shape index (κ3) is 4.35. The molecular weight excluding hydrogens is 490 g/mol. The maximum absolute atomic E-state index is 13.1. The van der Waals surface area contributed by atoms with E-state index >= 15 is 0 Å². The smallest absolute Gasteiger partial charge is 0.339 e. The van der Waals surface area contributed by atoms with Crippen LogP contribution in [0.3, 0.4) is 0 Å². The molecule has 0 heterocycles. The number of ether oxygens (including phenoxy) is 1. The Bertz CT molecular complexity index is 1400. The van der Waals surface area contributed by atoms with Crippen molar-refractivity contribution < 1.29 is 24.2 Å². The highest BCUT2D eigenvalue weighted by atomic mass is 16.5. The number of para-hydroxylation sites is 1. The number of ketones is 1. The number of aliphatic hydroxyl groups excluding tert-OH is 1. The Kier molecular flexibility index (Phi) is 6.54. The minimum Gasteiger partial charge on any atom is -0.465 e. The van der Waals surface area contributed by atoms with E-state index < -0.39 is 5.97 Å². The van der Waals surface area contributed by atoms with Gasteiger partial charge in [0.1, 0.15) is 0 Å². The molecular formula is C33H35NO5. The van der Waals surface area contributed by atoms with Gasteiger partial charge in [-0.15, -0.1) is 0 Å². The Morgan fingerprint density at radius 2 is 1.77 bits per heavy atom. The van der Waals surface area contributed by atoms with Crippen LogP contribution in [-0.4, -0.2) is 36.0 Å². The van der Waals surface area contributed by atoms with Crippen molar-refractivity contribution in [3.8, 4) is 0 Å². The standard InChI is InChI=1S/C33H35NO5/c1-33-18-26(30-23-14-12-22(35)17-21(23)11-13-24(30)27(33)15-16-29(33)36)19-7-9-20(10-8-19)31(37)34-28-6-4-3-5-25(28)32(38)39-2/h3-10,17,24,26-27,29,36H,11-16,18H2,1-2H3,(H,34,37). The van der Waals surface area contributed by atoms with E-state index in [0.717, 1.165) is 44.1 Å². The SMILES string of the molecule is COC(=O)c1ccccc1NC(=O)c1ccc(C2CC3(C)C(O)CCC3C3CCC4=CC(=O)CCC4=C23)cc1. The van der Waals surface area contributed by atoms with Crippen LogP contribution in [0, 0.1) is 17.3 Å². The van der Waals surface area contributed by atoms with Crippen LogP contribution in [0.1, 0.15) is 84.1 Å². The number of allylic oxidation sites excluding steroid dienone is 4. The van der Waals surface area contributed by atoms with E-state index in [0.29, 0.717) is 35.1 Å². The molecule has 4 aliphatic carbocycles. The second-order valence-corrected chi connectivity index (χ2v) is 11.8. The van der Waals surface area contributed by atoms with Gasteiger partial charge in [-0.2, -0.15) is 0 Å². The zero-order valence-electron chi connectivity index (χ0n) is 22.5. The molecule has 2 fully saturated rings. The fourth-order valence-electron chi connectivity index (χ4n) is 7.87. The largest absolute Gasteiger partial charge is 0.465 e. The van der Waals surface area contributed by atoms with Gasteiger partial charge in [-0.05, 0) is 103 Å². The Hall–Kier alpha value is -3.51. The molecule has 5 unspecified atom stereocenters. The van der Waals surface area contributed by atoms with E-state index in [1.54, 1.807) is 24.3 Å². The predicted octanol–water partition coefficient (Wildman–Crippen LogP) is 5.99. The summed E-state index contributed by atoms with van der Waals surface area (Å²) in [5.41, 5.74) is 6.27. The highest BCUT2D eigenvalue weighted by Crippen LogP contribution is 2.63. The molecule has 4 aliphatic rings. The molecule has 5 atom stereocenters. The summed E-state index contributed by atoms with van der Waals surface area (Å²) in [7, 11) is 1.31. The lowest BCUT2D eigenvalue weighted by Crippen LogP contribution is -2.45. The summed E-state index contributed by atoms with van der Waals surface area (Å²) in [6.45, 7) is 2.26. The van der Waals surface area contributed by atoms with Crippen molar-refractivity contribution in [1.82, 2.24) is 0 Å². The molecule has 6 nitrogen and oxygen atoms in total. The number of benzene rings is 2. The van der Waals surface area contributed by atoms with Gasteiger partial charge in [0, 0.05) is 17.9 Å². The molecule has 0 aromatic heterocycles. The van der Waals surface area contributed by atoms with Crippen molar-refractivity contribution in [1.29, 1.82) is 0 Å². The molecule has 0 radical (unpaired) electrons. The number of rotatable bonds is 4. The van der Waals surface area contributed by atoms with Crippen molar-refractivity contribution in [3.05, 3.63) is 88.0 Å². The van der Waals surface area contributed by atoms with Gasteiger partial charge in [0.25, 0.3) is 5.91 Å². The minimum atomic E-state index is -0.506. The monoisotopic (exact) mass is 525 g/mol. The minimum absolute atomic E-state index is 0.140. The Labute approximate surface area is 229 Å². The Morgan fingerprint density at radius 1 is 1.00 bits per heavy atom. The molecule has 0 saturated heterocycles. The summed E-state index contributed by atoms with van der Waals surface area (Å²) in [5.74, 6) is 0.454. The van der Waals surface area contributed by atoms with Gasteiger partial charge in [0.15, 0.2) is 5.78 Å². The molecule has 1 amide bonds. The summed E-state index contributed by atoms with van der Waals surface area (Å²) < 4.78 is 4.84. The second kappa shape index (κ2) is 9.91. The number of hydrogen-bond donors (Lipinski definition) is 2. The van der Waals surface area contributed by atoms with Crippen LogP contribution < -0.4 is 5.32 Å². The first-order chi connectivity index (χ1) is 18.8. The number of methoxy groups -OCH3 is 1. The van der Waals surface area contributed by atoms with Crippen LogP contribution in [0.15, 0.2) is 71.3 Å². The number of esters is 1. The van der Waals surface area contributed by atoms with Gasteiger partial charge >= 0.3 is 5.97 Å². The maximum Gasteiger partial charge on any atom is 0.339 e. The van der Waals surface area contributed by atoms with Crippen molar-refractivity contribution in [2.24, 2.45) is 17.3 Å². The number of anilines is 1. The molecule has 6 heteroatoms. The topological polar surface area (TPSA) is 92.7 Å². The molecule has 2 N–H and O–H groups in total. The first-order valence-electron chi connectivity index (χ1n) is 14.0. The number of hydrogen-bond acceptors (Lipinski definition) is 5. The molecule has 0 aliphatic heterocycles. The fraction of sp³-hybridized carbons (Fsp3) is 0.424. The molecule has 0 spiro atoms. The number of carbonyl (C=O) groups is 3. The van der Waals surface area contributed by atoms with Crippen molar-refractivity contribution >= 4 is 23.3 Å². The highest BCUT2D eigenvalue weighted by molar-refractivity contribution is 6.08. The number of fused-ring (bicyclic) bond motifs is 4. The number of amides is 1.